The highest BCUT2D eigenvalue weighted by Crippen LogP contribution is 2.43. The highest BCUT2D eigenvalue weighted by Gasteiger charge is 2.30. The maximum Gasteiger partial charge on any atom is 0.238 e. The molecule has 6 N–H and O–H groups in total. The Morgan fingerprint density at radius 2 is 1.19 bits per heavy atom. The molecule has 0 aliphatic heterocycles. The summed E-state index contributed by atoms with van der Waals surface area (Å²) in [6, 6.07) is 24.7. The number of amides is 2. The van der Waals surface area contributed by atoms with Gasteiger partial charge in [0, 0.05) is 50.4 Å². The molecule has 0 unspecified atom stereocenters. The van der Waals surface area contributed by atoms with Gasteiger partial charge < -0.3 is 19.6 Å². The number of rotatable bonds is 12. The van der Waals surface area contributed by atoms with Crippen LogP contribution in [0.2, 0.25) is 10.0 Å². The van der Waals surface area contributed by atoms with Gasteiger partial charge in [-0.15, -0.1) is 0 Å². The zero-order valence-electron chi connectivity index (χ0n) is 30.5. The molecule has 0 atom stereocenters. The molecule has 6 aromatic rings. The largest absolute Gasteiger partial charge is 0.440 e. The van der Waals surface area contributed by atoms with Gasteiger partial charge in [-0.25, -0.2) is 32.1 Å². The smallest absolute Gasteiger partial charge is 0.238 e. The van der Waals surface area contributed by atoms with Gasteiger partial charge in [-0.3, -0.25) is 9.59 Å². The number of benzene rings is 4. The number of nitrogens with zero attached hydrogens (tertiary/aromatic N) is 2. The summed E-state index contributed by atoms with van der Waals surface area (Å²) in [4.78, 5) is 28.7. The zero-order chi connectivity index (χ0) is 41.2. The lowest BCUT2D eigenvalue weighted by molar-refractivity contribution is -0.116. The Morgan fingerprint density at radius 1 is 0.690 bits per heavy atom. The first-order valence-electron chi connectivity index (χ1n) is 18.0. The molecule has 0 bridgehead atoms. The SMILES string of the molecule is NS(=O)(=O)c1cc(NC(=O)Cc2ccccc2Cl)ccc1-c1cc(C2CC2)on1.NS(=O)(=O)c1cc(NC(=O)Cc2ccccc2Cl)ccc1-c1cnc(C2CC2)o1. The average Bonchev–Trinajstić information content (AvgIpc) is 4.11. The quantitative estimate of drug-likeness (QED) is 0.0952. The van der Waals surface area contributed by atoms with Crippen molar-refractivity contribution in [2.75, 3.05) is 10.6 Å². The molecule has 8 rings (SSSR count). The van der Waals surface area contributed by atoms with E-state index >= 15 is 0 Å². The fraction of sp³-hybridized carbons (Fsp3) is 0.200. The number of nitrogens with two attached hydrogens (primary N) is 2. The lowest BCUT2D eigenvalue weighted by Crippen LogP contribution is -2.17. The number of nitrogens with one attached hydrogen (secondary N) is 2. The summed E-state index contributed by atoms with van der Waals surface area (Å²) < 4.78 is 59.6. The van der Waals surface area contributed by atoms with Gasteiger partial charge in [-0.05, 0) is 85.3 Å². The second kappa shape index (κ2) is 16.9. The number of hydrogen-bond donors (Lipinski definition) is 4. The number of aromatic nitrogens is 2. The van der Waals surface area contributed by atoms with Crippen LogP contribution in [0, 0.1) is 0 Å². The fourth-order valence-electron chi connectivity index (χ4n) is 6.03. The number of oxazole rings is 1. The lowest BCUT2D eigenvalue weighted by atomic mass is 10.1. The van der Waals surface area contributed by atoms with Crippen LogP contribution in [-0.4, -0.2) is 38.8 Å². The van der Waals surface area contributed by atoms with Crippen LogP contribution >= 0.6 is 23.2 Å². The van der Waals surface area contributed by atoms with E-state index in [4.69, 9.17) is 42.4 Å². The van der Waals surface area contributed by atoms with Crippen LogP contribution in [0.25, 0.3) is 22.6 Å². The van der Waals surface area contributed by atoms with Crippen molar-refractivity contribution < 1.29 is 35.4 Å². The Balaban J connectivity index is 0.000000177. The molecule has 2 fully saturated rings. The molecule has 300 valence electrons. The molecule has 2 aliphatic carbocycles. The Hall–Kier alpha value is -5.36. The van der Waals surface area contributed by atoms with Crippen molar-refractivity contribution in [3.8, 4) is 22.6 Å². The van der Waals surface area contributed by atoms with Crippen LogP contribution in [0.15, 0.2) is 116 Å². The molecule has 2 aliphatic rings. The monoisotopic (exact) mass is 862 g/mol. The number of carbonyl (C=O) groups is 2. The van der Waals surface area contributed by atoms with Crippen molar-refractivity contribution >= 4 is 66.4 Å². The summed E-state index contributed by atoms with van der Waals surface area (Å²) in [5.41, 5.74) is 2.97. The van der Waals surface area contributed by atoms with Gasteiger partial charge in [0.2, 0.25) is 31.9 Å². The second-order valence-electron chi connectivity index (χ2n) is 13.9. The molecule has 18 heteroatoms. The van der Waals surface area contributed by atoms with Gasteiger partial charge in [-0.1, -0.05) is 64.8 Å². The van der Waals surface area contributed by atoms with E-state index in [0.29, 0.717) is 72.9 Å². The number of hydrogen-bond acceptors (Lipinski definition) is 10. The van der Waals surface area contributed by atoms with E-state index in [1.165, 1.54) is 18.3 Å². The van der Waals surface area contributed by atoms with E-state index in [9.17, 15) is 26.4 Å². The molecule has 2 aromatic heterocycles. The summed E-state index contributed by atoms with van der Waals surface area (Å²) >= 11 is 12.2. The molecule has 2 amide bonds. The van der Waals surface area contributed by atoms with Gasteiger partial charge in [0.05, 0.1) is 28.8 Å². The van der Waals surface area contributed by atoms with E-state index in [2.05, 4.69) is 20.8 Å². The molecule has 0 radical (unpaired) electrons. The van der Waals surface area contributed by atoms with E-state index < -0.39 is 20.0 Å². The molecule has 58 heavy (non-hydrogen) atoms. The molecular weight excluding hydrogens is 828 g/mol. The third kappa shape index (κ3) is 10.2. The number of anilines is 2. The van der Waals surface area contributed by atoms with Gasteiger partial charge in [-0.2, -0.15) is 0 Å². The van der Waals surface area contributed by atoms with Crippen molar-refractivity contribution in [3.63, 3.8) is 0 Å². The van der Waals surface area contributed by atoms with E-state index in [0.717, 1.165) is 31.4 Å². The highest BCUT2D eigenvalue weighted by molar-refractivity contribution is 7.89. The number of sulfonamides is 2. The average molecular weight is 864 g/mol. The van der Waals surface area contributed by atoms with E-state index in [-0.39, 0.29) is 34.4 Å². The third-order valence-corrected chi connectivity index (χ3v) is 11.9. The molecule has 0 spiro atoms. The van der Waals surface area contributed by atoms with Gasteiger partial charge in [0.15, 0.2) is 11.7 Å². The maximum absolute atomic E-state index is 12.4. The number of carbonyl (C=O) groups excluding carboxylic acids is 2. The van der Waals surface area contributed by atoms with Crippen LogP contribution < -0.4 is 20.9 Å². The summed E-state index contributed by atoms with van der Waals surface area (Å²) in [5.74, 6) is 1.63. The van der Waals surface area contributed by atoms with Crippen molar-refractivity contribution in [2.45, 2.75) is 60.2 Å². The van der Waals surface area contributed by atoms with Crippen molar-refractivity contribution in [1.29, 1.82) is 0 Å². The van der Waals surface area contributed by atoms with Crippen LogP contribution in [0.1, 0.15) is 60.3 Å². The van der Waals surface area contributed by atoms with Crippen molar-refractivity contribution in [1.82, 2.24) is 10.1 Å². The first-order chi connectivity index (χ1) is 27.6. The first-order valence-corrected chi connectivity index (χ1v) is 21.8. The predicted molar refractivity (Wildman–Crippen MR) is 218 cm³/mol. The van der Waals surface area contributed by atoms with Crippen LogP contribution in [-0.2, 0) is 42.5 Å². The minimum Gasteiger partial charge on any atom is -0.440 e. The second-order valence-corrected chi connectivity index (χ2v) is 17.7. The molecule has 4 aromatic carbocycles. The Kier molecular flexibility index (Phi) is 11.9. The highest BCUT2D eigenvalue weighted by atomic mass is 35.5. The fourth-order valence-corrected chi connectivity index (χ4v) is 7.98. The van der Waals surface area contributed by atoms with Crippen molar-refractivity contribution in [2.24, 2.45) is 10.3 Å². The standard InChI is InChI=1S/2C20H18ClN3O4S/c21-16-4-2-1-3-13(16)9-20(25)23-14-7-8-15(19(10-14)29(22,26)27)17-11-18(28-24-17)12-5-6-12;21-16-4-2-1-3-13(16)9-19(25)24-14-7-8-15(18(10-14)29(22,26)27)17-11-23-20(28-17)12-5-6-12/h1-4,7-8,10-12H,5-6,9H2,(H,23,25)(H2,22,26,27);1-4,7-8,10-12H,5-6,9H2,(H,24,25)(H2,22,26,27). The molecule has 0 saturated heterocycles. The van der Waals surface area contributed by atoms with Crippen LogP contribution in [0.5, 0.6) is 0 Å². The van der Waals surface area contributed by atoms with Crippen molar-refractivity contribution in [3.05, 3.63) is 130 Å². The van der Waals surface area contributed by atoms with Crippen LogP contribution in [0.3, 0.4) is 0 Å². The third-order valence-electron chi connectivity index (χ3n) is 9.26. The van der Waals surface area contributed by atoms with Gasteiger partial charge >= 0.3 is 0 Å². The predicted octanol–water partition coefficient (Wildman–Crippen LogP) is 7.40. The number of halogens is 2. The summed E-state index contributed by atoms with van der Waals surface area (Å²) in [6.45, 7) is 0. The summed E-state index contributed by atoms with van der Waals surface area (Å²) in [6.07, 6.45) is 5.70. The number of primary sulfonamides is 2. The molecule has 2 heterocycles. The topological polar surface area (TPSA) is 231 Å². The summed E-state index contributed by atoms with van der Waals surface area (Å²) in [7, 11) is -8.12. The lowest BCUT2D eigenvalue weighted by Gasteiger charge is -2.10. The maximum atomic E-state index is 12.4. The van der Waals surface area contributed by atoms with E-state index in [1.54, 1.807) is 78.9 Å². The molecule has 14 nitrogen and oxygen atoms in total. The minimum atomic E-state index is -4.06. The minimum absolute atomic E-state index is 0.0545. The molecular formula is C40H36Cl2N6O8S2. The Morgan fingerprint density at radius 3 is 1.69 bits per heavy atom. The van der Waals surface area contributed by atoms with Gasteiger partial charge in [0.25, 0.3) is 0 Å². The Bertz CT molecular complexity index is 2560. The van der Waals surface area contributed by atoms with Gasteiger partial charge in [0.1, 0.15) is 11.5 Å². The normalized spacial score (nSPS) is 14.0. The Labute approximate surface area is 344 Å². The molecule has 2 saturated carbocycles. The van der Waals surface area contributed by atoms with Crippen LogP contribution in [0.4, 0.5) is 11.4 Å². The van der Waals surface area contributed by atoms with E-state index in [1.807, 2.05) is 0 Å². The first kappa shape index (κ1) is 40.8. The summed E-state index contributed by atoms with van der Waals surface area (Å²) in [5, 5.41) is 21.1. The zero-order valence-corrected chi connectivity index (χ0v) is 33.7.